The van der Waals surface area contributed by atoms with E-state index < -0.39 is 11.9 Å². The van der Waals surface area contributed by atoms with Gasteiger partial charge in [0.2, 0.25) is 5.95 Å². The average molecular weight is 448 g/mol. The lowest BCUT2D eigenvalue weighted by Gasteiger charge is -2.29. The van der Waals surface area contributed by atoms with Crippen LogP contribution < -0.4 is 25.8 Å². The van der Waals surface area contributed by atoms with Crippen LogP contribution in [0.25, 0.3) is 0 Å². The zero-order valence-corrected chi connectivity index (χ0v) is 18.5. The Balaban J connectivity index is 1.75. The minimum absolute atomic E-state index is 0.270. The number of hydrogen-bond donors (Lipinski definition) is 3. The van der Waals surface area contributed by atoms with Gasteiger partial charge >= 0.3 is 0 Å². The van der Waals surface area contributed by atoms with Crippen LogP contribution in [0.5, 0.6) is 11.5 Å². The van der Waals surface area contributed by atoms with Gasteiger partial charge in [0.05, 0.1) is 12.7 Å². The Morgan fingerprint density at radius 3 is 2.70 bits per heavy atom. The van der Waals surface area contributed by atoms with Gasteiger partial charge in [0.25, 0.3) is 11.8 Å². The summed E-state index contributed by atoms with van der Waals surface area (Å²) in [6.45, 7) is 3.47. The molecule has 1 aromatic heterocycles. The fraction of sp³-hybridized carbons (Fsp3) is 0.217. The van der Waals surface area contributed by atoms with Crippen LogP contribution in [-0.4, -0.2) is 40.3 Å². The SMILES string of the molecule is COc1cc([C@@H]2C(C(=O)Nc3ccccc3C)=C(C)Nc3ncnn32)ccc1OCC(N)=O. The highest BCUT2D eigenvalue weighted by Gasteiger charge is 2.34. The second-order valence-corrected chi connectivity index (χ2v) is 7.53. The van der Waals surface area contributed by atoms with Gasteiger partial charge in [0, 0.05) is 11.4 Å². The molecule has 2 heterocycles. The van der Waals surface area contributed by atoms with Gasteiger partial charge in [-0.2, -0.15) is 10.1 Å². The fourth-order valence-corrected chi connectivity index (χ4v) is 3.72. The molecule has 1 aliphatic rings. The van der Waals surface area contributed by atoms with Crippen molar-refractivity contribution in [1.29, 1.82) is 0 Å². The second-order valence-electron chi connectivity index (χ2n) is 7.53. The van der Waals surface area contributed by atoms with E-state index in [0.29, 0.717) is 28.7 Å². The summed E-state index contributed by atoms with van der Waals surface area (Å²) >= 11 is 0. The summed E-state index contributed by atoms with van der Waals surface area (Å²) < 4.78 is 12.5. The number of primary amides is 1. The van der Waals surface area contributed by atoms with Crippen molar-refractivity contribution in [3.05, 3.63) is 71.2 Å². The Kier molecular flexibility index (Phi) is 5.99. The molecule has 0 saturated carbocycles. The monoisotopic (exact) mass is 448 g/mol. The number of fused-ring (bicyclic) bond motifs is 1. The Labute approximate surface area is 190 Å². The number of nitrogens with one attached hydrogen (secondary N) is 2. The molecule has 1 aliphatic heterocycles. The van der Waals surface area contributed by atoms with Crippen molar-refractivity contribution in [3.8, 4) is 11.5 Å². The quantitative estimate of drug-likeness (QED) is 0.505. The minimum Gasteiger partial charge on any atom is -0.493 e. The molecule has 10 nitrogen and oxygen atoms in total. The topological polar surface area (TPSA) is 133 Å². The highest BCUT2D eigenvalue weighted by molar-refractivity contribution is 6.06. The summed E-state index contributed by atoms with van der Waals surface area (Å²) in [5.41, 5.74) is 8.70. The first-order chi connectivity index (χ1) is 15.9. The van der Waals surface area contributed by atoms with Crippen LogP contribution in [-0.2, 0) is 9.59 Å². The molecule has 3 aromatic rings. The van der Waals surface area contributed by atoms with Gasteiger partial charge in [-0.05, 0) is 43.2 Å². The molecule has 0 aliphatic carbocycles. The number of aryl methyl sites for hydroxylation is 1. The highest BCUT2D eigenvalue weighted by atomic mass is 16.5. The summed E-state index contributed by atoms with van der Waals surface area (Å²) in [6, 6.07) is 12.2. The van der Waals surface area contributed by atoms with Gasteiger partial charge in [-0.3, -0.25) is 9.59 Å². The molecule has 0 bridgehead atoms. The smallest absolute Gasteiger partial charge is 0.255 e. The highest BCUT2D eigenvalue weighted by Crippen LogP contribution is 2.39. The van der Waals surface area contributed by atoms with E-state index >= 15 is 0 Å². The third-order valence-corrected chi connectivity index (χ3v) is 5.31. The number of carbonyl (C=O) groups is 2. The van der Waals surface area contributed by atoms with Gasteiger partial charge in [0.15, 0.2) is 18.1 Å². The summed E-state index contributed by atoms with van der Waals surface area (Å²) in [5, 5.41) is 10.5. The maximum atomic E-state index is 13.5. The van der Waals surface area contributed by atoms with E-state index in [1.54, 1.807) is 22.9 Å². The molecule has 0 radical (unpaired) electrons. The van der Waals surface area contributed by atoms with Gasteiger partial charge < -0.3 is 25.8 Å². The number of allylic oxidation sites excluding steroid dienone is 1. The van der Waals surface area contributed by atoms with Crippen molar-refractivity contribution in [1.82, 2.24) is 14.8 Å². The van der Waals surface area contributed by atoms with Crippen LogP contribution in [0.15, 0.2) is 60.1 Å². The first kappa shape index (κ1) is 21.9. The van der Waals surface area contributed by atoms with E-state index in [1.807, 2.05) is 38.1 Å². The molecule has 2 aromatic carbocycles. The summed E-state index contributed by atoms with van der Waals surface area (Å²) in [7, 11) is 1.49. The van der Waals surface area contributed by atoms with Crippen molar-refractivity contribution in [2.75, 3.05) is 24.4 Å². The Bertz CT molecular complexity index is 1250. The minimum atomic E-state index is -0.597. The molecule has 4 N–H and O–H groups in total. The van der Waals surface area contributed by atoms with Crippen LogP contribution >= 0.6 is 0 Å². The first-order valence-electron chi connectivity index (χ1n) is 10.2. The lowest BCUT2D eigenvalue weighted by Crippen LogP contribution is -2.31. The molecule has 0 unspecified atom stereocenters. The number of methoxy groups -OCH3 is 1. The predicted octanol–water partition coefficient (Wildman–Crippen LogP) is 2.39. The molecule has 0 spiro atoms. The Morgan fingerprint density at radius 1 is 1.18 bits per heavy atom. The summed E-state index contributed by atoms with van der Waals surface area (Å²) in [5.74, 6) is 0.400. The standard InChI is InChI=1S/C23H24N6O4/c1-13-6-4-5-7-16(13)28-22(31)20-14(2)27-23-25-12-26-29(23)21(20)15-8-9-17(18(10-15)32-3)33-11-19(24)30/h4-10,12,21H,11H2,1-3H3,(H2,24,30)(H,28,31)(H,25,26,27)/t21-/m1/s1. The Morgan fingerprint density at radius 2 is 1.97 bits per heavy atom. The van der Waals surface area contributed by atoms with Crippen LogP contribution in [0, 0.1) is 6.92 Å². The average Bonchev–Trinajstić information content (AvgIpc) is 3.26. The predicted molar refractivity (Wildman–Crippen MR) is 122 cm³/mol. The van der Waals surface area contributed by atoms with E-state index in [2.05, 4.69) is 20.7 Å². The van der Waals surface area contributed by atoms with Gasteiger partial charge in [-0.25, -0.2) is 4.68 Å². The number of nitrogens with zero attached hydrogens (tertiary/aromatic N) is 3. The molecule has 4 rings (SSSR count). The van der Waals surface area contributed by atoms with E-state index in [9.17, 15) is 9.59 Å². The van der Waals surface area contributed by atoms with Gasteiger partial charge in [-0.1, -0.05) is 24.3 Å². The molecule has 0 fully saturated rings. The van der Waals surface area contributed by atoms with Crippen molar-refractivity contribution >= 4 is 23.5 Å². The number of carbonyl (C=O) groups excluding carboxylic acids is 2. The van der Waals surface area contributed by atoms with E-state index in [1.165, 1.54) is 13.4 Å². The first-order valence-corrected chi connectivity index (χ1v) is 10.2. The Hall–Kier alpha value is -4.34. The number of rotatable bonds is 7. The van der Waals surface area contributed by atoms with Crippen molar-refractivity contribution in [2.45, 2.75) is 19.9 Å². The van der Waals surface area contributed by atoms with E-state index in [-0.39, 0.29) is 12.5 Å². The van der Waals surface area contributed by atoms with Crippen LogP contribution in [0.1, 0.15) is 24.1 Å². The zero-order valence-electron chi connectivity index (χ0n) is 18.5. The normalized spacial score (nSPS) is 14.8. The lowest BCUT2D eigenvalue weighted by atomic mass is 9.94. The fourth-order valence-electron chi connectivity index (χ4n) is 3.72. The number of hydrogen-bond acceptors (Lipinski definition) is 7. The van der Waals surface area contributed by atoms with Gasteiger partial charge in [0.1, 0.15) is 12.4 Å². The number of nitrogens with two attached hydrogens (primary N) is 1. The largest absolute Gasteiger partial charge is 0.493 e. The van der Waals surface area contributed by atoms with Crippen molar-refractivity contribution in [2.24, 2.45) is 5.73 Å². The molecular formula is C23H24N6O4. The number of benzene rings is 2. The summed E-state index contributed by atoms with van der Waals surface area (Å²) in [4.78, 5) is 28.8. The van der Waals surface area contributed by atoms with Crippen molar-refractivity contribution in [3.63, 3.8) is 0 Å². The molecule has 33 heavy (non-hydrogen) atoms. The molecule has 1 atom stereocenters. The van der Waals surface area contributed by atoms with Crippen LogP contribution in [0.2, 0.25) is 0 Å². The molecule has 2 amide bonds. The maximum Gasteiger partial charge on any atom is 0.255 e. The number of anilines is 2. The van der Waals surface area contributed by atoms with Crippen LogP contribution in [0.3, 0.4) is 0 Å². The molecule has 10 heteroatoms. The summed E-state index contributed by atoms with van der Waals surface area (Å²) in [6.07, 6.45) is 1.42. The molecule has 170 valence electrons. The molecular weight excluding hydrogens is 424 g/mol. The lowest BCUT2D eigenvalue weighted by molar-refractivity contribution is -0.120. The van der Waals surface area contributed by atoms with Crippen LogP contribution in [0.4, 0.5) is 11.6 Å². The number of amides is 2. The number of ether oxygens (including phenoxy) is 2. The zero-order chi connectivity index (χ0) is 23.5. The second kappa shape index (κ2) is 9.03. The van der Waals surface area contributed by atoms with Crippen molar-refractivity contribution < 1.29 is 19.1 Å². The number of para-hydroxylation sites is 1. The van der Waals surface area contributed by atoms with E-state index in [0.717, 1.165) is 16.8 Å². The third-order valence-electron chi connectivity index (χ3n) is 5.31. The third kappa shape index (κ3) is 4.36. The maximum absolute atomic E-state index is 13.5. The number of aromatic nitrogens is 3. The molecule has 0 saturated heterocycles. The van der Waals surface area contributed by atoms with E-state index in [4.69, 9.17) is 15.2 Å². The van der Waals surface area contributed by atoms with Gasteiger partial charge in [-0.15, -0.1) is 0 Å².